The number of rotatable bonds is 7. The number of benzene rings is 3. The third-order valence-corrected chi connectivity index (χ3v) is 4.88. The fourth-order valence-electron chi connectivity index (χ4n) is 3.23. The molecule has 2 nitrogen and oxygen atoms in total. The molecule has 154 valence electrons. The lowest BCUT2D eigenvalue weighted by molar-refractivity contribution is 0.629. The van der Waals surface area contributed by atoms with Crippen LogP contribution in [0.2, 0.25) is 0 Å². The summed E-state index contributed by atoms with van der Waals surface area (Å²) in [6, 6.07) is 19.8. The van der Waals surface area contributed by atoms with Crippen LogP contribution in [0.25, 0.3) is 0 Å². The van der Waals surface area contributed by atoms with Crippen molar-refractivity contribution in [1.82, 2.24) is 0 Å². The maximum Gasteiger partial charge on any atom is 0.148 e. The van der Waals surface area contributed by atoms with Crippen molar-refractivity contribution in [3.8, 4) is 0 Å². The molecule has 0 saturated heterocycles. The first-order valence-electron chi connectivity index (χ1n) is 10.2. The van der Waals surface area contributed by atoms with Gasteiger partial charge >= 0.3 is 0 Å². The molecule has 0 amide bonds. The monoisotopic (exact) mass is 404 g/mol. The van der Waals surface area contributed by atoms with Crippen LogP contribution in [0.5, 0.6) is 0 Å². The van der Waals surface area contributed by atoms with Crippen molar-refractivity contribution < 1.29 is 8.78 Å². The maximum atomic E-state index is 14.4. The second-order valence-corrected chi connectivity index (χ2v) is 7.37. The van der Waals surface area contributed by atoms with Crippen LogP contribution in [0.1, 0.15) is 36.5 Å². The number of aryl methyl sites for hydroxylation is 3. The van der Waals surface area contributed by atoms with E-state index in [2.05, 4.69) is 9.98 Å². The van der Waals surface area contributed by atoms with Gasteiger partial charge in [-0.25, -0.2) is 18.8 Å². The number of aliphatic imine (C=N–C) groups is 2. The van der Waals surface area contributed by atoms with Gasteiger partial charge in [0.2, 0.25) is 0 Å². The quantitative estimate of drug-likeness (QED) is 0.365. The van der Waals surface area contributed by atoms with E-state index in [0.717, 1.165) is 23.1 Å². The van der Waals surface area contributed by atoms with Crippen molar-refractivity contribution in [3.63, 3.8) is 0 Å². The predicted octanol–water partition coefficient (Wildman–Crippen LogP) is 7.47. The largest absolute Gasteiger partial charge is 0.248 e. The van der Waals surface area contributed by atoms with Crippen molar-refractivity contribution in [2.24, 2.45) is 9.98 Å². The third kappa shape index (κ3) is 5.69. The molecule has 0 saturated carbocycles. The molecule has 0 aliphatic rings. The van der Waals surface area contributed by atoms with Crippen molar-refractivity contribution >= 4 is 22.8 Å². The zero-order valence-corrected chi connectivity index (χ0v) is 17.6. The Kier molecular flexibility index (Phi) is 7.23. The van der Waals surface area contributed by atoms with E-state index < -0.39 is 0 Å². The molecule has 0 fully saturated rings. The molecule has 0 aliphatic heterocycles. The van der Waals surface area contributed by atoms with Gasteiger partial charge in [-0.05, 0) is 74.1 Å². The van der Waals surface area contributed by atoms with E-state index in [1.54, 1.807) is 24.3 Å². The summed E-state index contributed by atoms with van der Waals surface area (Å²) in [5, 5.41) is 0. The lowest BCUT2D eigenvalue weighted by atomic mass is 10.0. The molecule has 3 aromatic rings. The van der Waals surface area contributed by atoms with E-state index in [9.17, 15) is 8.78 Å². The van der Waals surface area contributed by atoms with E-state index in [1.165, 1.54) is 12.1 Å². The minimum Gasteiger partial charge on any atom is -0.248 e. The van der Waals surface area contributed by atoms with Gasteiger partial charge in [-0.1, -0.05) is 49.4 Å². The van der Waals surface area contributed by atoms with Gasteiger partial charge in [0.25, 0.3) is 0 Å². The average Bonchev–Trinajstić information content (AvgIpc) is 2.75. The molecule has 4 heteroatoms. The average molecular weight is 405 g/mol. The van der Waals surface area contributed by atoms with Crippen LogP contribution in [0, 0.1) is 25.5 Å². The summed E-state index contributed by atoms with van der Waals surface area (Å²) in [5.74, 6) is -0.759. The topological polar surface area (TPSA) is 24.7 Å². The number of halogens is 2. The molecule has 0 aromatic heterocycles. The van der Waals surface area contributed by atoms with E-state index in [4.69, 9.17) is 0 Å². The van der Waals surface area contributed by atoms with Gasteiger partial charge in [-0.2, -0.15) is 0 Å². The second kappa shape index (κ2) is 10.1. The summed E-state index contributed by atoms with van der Waals surface area (Å²) < 4.78 is 28.7. The van der Waals surface area contributed by atoms with Gasteiger partial charge < -0.3 is 0 Å². The lowest BCUT2D eigenvalue weighted by Gasteiger charge is -2.11. The fraction of sp³-hybridized carbons (Fsp3) is 0.231. The highest BCUT2D eigenvalue weighted by Gasteiger charge is 2.12. The van der Waals surface area contributed by atoms with Gasteiger partial charge in [0, 0.05) is 0 Å². The molecule has 0 bridgehead atoms. The summed E-state index contributed by atoms with van der Waals surface area (Å²) in [4.78, 5) is 9.23. The molecule has 3 rings (SSSR count). The van der Waals surface area contributed by atoms with E-state index in [0.29, 0.717) is 24.3 Å². The zero-order chi connectivity index (χ0) is 21.5. The van der Waals surface area contributed by atoms with E-state index in [1.807, 2.05) is 51.1 Å². The Balaban J connectivity index is 2.04. The van der Waals surface area contributed by atoms with Crippen LogP contribution in [0.15, 0.2) is 76.7 Å². The Hall–Kier alpha value is -3.14. The molecule has 0 heterocycles. The van der Waals surface area contributed by atoms with Crippen LogP contribution >= 0.6 is 0 Å². The lowest BCUT2D eigenvalue weighted by Crippen LogP contribution is -2.14. The van der Waals surface area contributed by atoms with Crippen molar-refractivity contribution in [2.75, 3.05) is 0 Å². The number of nitrogens with zero attached hydrogens (tertiary/aromatic N) is 2. The van der Waals surface area contributed by atoms with Crippen LogP contribution in [-0.2, 0) is 6.42 Å². The summed E-state index contributed by atoms with van der Waals surface area (Å²) in [7, 11) is 0. The molecule has 0 aliphatic carbocycles. The molecule has 0 spiro atoms. The summed E-state index contributed by atoms with van der Waals surface area (Å²) in [5.41, 5.74) is 4.92. The molecule has 3 aromatic carbocycles. The SMILES string of the molecule is CCC(=Nc1cc(C)ccc1F)C(CCc1ccccc1)=Nc1cc(C)ccc1F. The minimum absolute atomic E-state index is 0.281. The Morgan fingerprint density at radius 2 is 1.27 bits per heavy atom. The van der Waals surface area contributed by atoms with Crippen LogP contribution in [0.4, 0.5) is 20.2 Å². The van der Waals surface area contributed by atoms with Crippen molar-refractivity contribution in [2.45, 2.75) is 40.0 Å². The van der Waals surface area contributed by atoms with E-state index in [-0.39, 0.29) is 23.0 Å². The normalized spacial score (nSPS) is 12.3. The highest BCUT2D eigenvalue weighted by Crippen LogP contribution is 2.23. The summed E-state index contributed by atoms with van der Waals surface area (Å²) in [6.45, 7) is 5.76. The molecule has 30 heavy (non-hydrogen) atoms. The maximum absolute atomic E-state index is 14.4. The van der Waals surface area contributed by atoms with E-state index >= 15 is 0 Å². The molecular weight excluding hydrogens is 378 g/mol. The smallest absolute Gasteiger partial charge is 0.148 e. The van der Waals surface area contributed by atoms with Crippen molar-refractivity contribution in [1.29, 1.82) is 0 Å². The Bertz CT molecular complexity index is 1070. The van der Waals surface area contributed by atoms with Crippen molar-refractivity contribution in [3.05, 3.63) is 95.1 Å². The molecule has 0 N–H and O–H groups in total. The van der Waals surface area contributed by atoms with Gasteiger partial charge in [0.1, 0.15) is 11.6 Å². The van der Waals surface area contributed by atoms with Crippen LogP contribution < -0.4 is 0 Å². The van der Waals surface area contributed by atoms with Gasteiger partial charge in [-0.3, -0.25) is 0 Å². The fourth-order valence-corrected chi connectivity index (χ4v) is 3.23. The first-order chi connectivity index (χ1) is 14.5. The standard InChI is InChI=1S/C26H26F2N2/c1-4-23(29-25-16-18(2)10-13-21(25)27)24(15-12-20-8-6-5-7-9-20)30-26-17-19(3)11-14-22(26)28/h5-11,13-14,16-17H,4,12,15H2,1-3H3. The third-order valence-electron chi connectivity index (χ3n) is 4.88. The summed E-state index contributed by atoms with van der Waals surface area (Å²) >= 11 is 0. The molecular formula is C26H26F2N2. The first kappa shape index (κ1) is 21.6. The number of hydrogen-bond donors (Lipinski definition) is 0. The van der Waals surface area contributed by atoms with Gasteiger partial charge in [-0.15, -0.1) is 0 Å². The Morgan fingerprint density at radius 1 is 0.733 bits per heavy atom. The van der Waals surface area contributed by atoms with Gasteiger partial charge in [0.05, 0.1) is 22.8 Å². The molecule has 0 unspecified atom stereocenters. The Labute approximate surface area is 177 Å². The second-order valence-electron chi connectivity index (χ2n) is 7.37. The molecule has 0 atom stereocenters. The summed E-state index contributed by atoms with van der Waals surface area (Å²) in [6.07, 6.45) is 1.88. The predicted molar refractivity (Wildman–Crippen MR) is 122 cm³/mol. The van der Waals surface area contributed by atoms with Gasteiger partial charge in [0.15, 0.2) is 0 Å². The minimum atomic E-state index is -0.380. The van der Waals surface area contributed by atoms with Crippen LogP contribution in [-0.4, -0.2) is 11.4 Å². The highest BCUT2D eigenvalue weighted by molar-refractivity contribution is 6.43. The highest BCUT2D eigenvalue weighted by atomic mass is 19.1. The Morgan fingerprint density at radius 3 is 1.80 bits per heavy atom. The molecule has 0 radical (unpaired) electrons. The number of hydrogen-bond acceptors (Lipinski definition) is 2. The first-order valence-corrected chi connectivity index (χ1v) is 10.2. The zero-order valence-electron chi connectivity index (χ0n) is 17.6. The van der Waals surface area contributed by atoms with Crippen LogP contribution in [0.3, 0.4) is 0 Å².